The number of phosphoric acid groups is 1. The lowest BCUT2D eigenvalue weighted by Crippen LogP contribution is -2.33. The number of aliphatic hydroxyl groups excluding tert-OH is 3. The van der Waals surface area contributed by atoms with Gasteiger partial charge in [-0.25, -0.2) is 19.5 Å². The summed E-state index contributed by atoms with van der Waals surface area (Å²) in [7, 11) is -4.84. The number of aromatic nitrogens is 4. The molecule has 7 N–H and O–H groups in total. The lowest BCUT2D eigenvalue weighted by molar-refractivity contribution is -0.0511. The monoisotopic (exact) mass is 503 g/mol. The van der Waals surface area contributed by atoms with Gasteiger partial charge in [-0.3, -0.25) is 14.4 Å². The molecule has 0 amide bonds. The number of aliphatic hydroxyl groups is 3. The minimum absolute atomic E-state index is 0.0866. The number of phosphoric ester groups is 1. The molecular weight excluding hydrogens is 485 g/mol. The van der Waals surface area contributed by atoms with Gasteiger partial charge < -0.3 is 35.0 Å². The Labute approximate surface area is 190 Å². The van der Waals surface area contributed by atoms with Crippen LogP contribution < -0.4 is 9.84 Å². The number of nitrogens with one attached hydrogen (secondary N) is 1. The first-order chi connectivity index (χ1) is 15.6. The number of nitrogens with zero attached hydrogens (tertiary/aromatic N) is 4. The van der Waals surface area contributed by atoms with Gasteiger partial charge in [-0.2, -0.15) is 0 Å². The summed E-state index contributed by atoms with van der Waals surface area (Å²) in [5.74, 6) is -0.351. The number of halogens is 1. The van der Waals surface area contributed by atoms with E-state index in [0.29, 0.717) is 0 Å². The number of hydrogen-bond acceptors (Lipinski definition) is 11. The van der Waals surface area contributed by atoms with Crippen LogP contribution in [0.1, 0.15) is 11.8 Å². The third-order valence-electron chi connectivity index (χ3n) is 4.94. The van der Waals surface area contributed by atoms with E-state index in [0.717, 1.165) is 6.07 Å². The van der Waals surface area contributed by atoms with Gasteiger partial charge in [-0.15, -0.1) is 0 Å². The third kappa shape index (κ3) is 4.74. The molecule has 2 aromatic heterocycles. The van der Waals surface area contributed by atoms with E-state index in [1.807, 2.05) is 0 Å². The number of rotatable bonds is 7. The van der Waals surface area contributed by atoms with Crippen LogP contribution in [0.3, 0.4) is 0 Å². The zero-order valence-electron chi connectivity index (χ0n) is 16.6. The van der Waals surface area contributed by atoms with Gasteiger partial charge in [0.15, 0.2) is 23.2 Å². The molecule has 1 saturated heterocycles. The van der Waals surface area contributed by atoms with Crippen molar-refractivity contribution < 1.29 is 44.0 Å². The van der Waals surface area contributed by atoms with Crippen LogP contribution in [0.2, 0.25) is 5.02 Å². The molecule has 1 aliphatic heterocycles. The van der Waals surface area contributed by atoms with Crippen molar-refractivity contribution in [1.82, 2.24) is 19.5 Å². The molecule has 1 aromatic carbocycles. The highest BCUT2D eigenvalue weighted by Gasteiger charge is 2.44. The Morgan fingerprint density at radius 1 is 1.21 bits per heavy atom. The van der Waals surface area contributed by atoms with Crippen LogP contribution in [-0.2, 0) is 15.8 Å². The molecule has 1 fully saturated rings. The molecule has 0 spiro atoms. The van der Waals surface area contributed by atoms with Crippen LogP contribution in [0.4, 0.5) is 5.82 Å². The standard InChI is InChI=1S/C17H19ClN5O9P/c18-9-2-8(32-33(28,29)30)1-7(12(9)25)3-19-15-11-16(21-5-20-15)23(6-22-11)17-14(27)13(26)10(4-24)31-17/h1-2,5-6,10,13-14,17,24-27H,3-4H2,(H,19,20,21)(H2,28,29,30)/t10-,13-,14-,17-/m1/s1. The van der Waals surface area contributed by atoms with Gasteiger partial charge in [0, 0.05) is 18.2 Å². The number of phenolic OH excluding ortho intramolecular Hbond substituents is 1. The summed E-state index contributed by atoms with van der Waals surface area (Å²) in [6, 6.07) is 2.26. The zero-order valence-corrected chi connectivity index (χ0v) is 18.2. The van der Waals surface area contributed by atoms with E-state index in [4.69, 9.17) is 26.1 Å². The molecule has 14 nitrogen and oxygen atoms in total. The Bertz CT molecular complexity index is 1220. The predicted molar refractivity (Wildman–Crippen MR) is 111 cm³/mol. The minimum Gasteiger partial charge on any atom is -0.506 e. The van der Waals surface area contributed by atoms with E-state index in [1.54, 1.807) is 0 Å². The fourth-order valence-corrected chi connectivity index (χ4v) is 4.02. The van der Waals surface area contributed by atoms with Crippen molar-refractivity contribution in [3.05, 3.63) is 35.4 Å². The highest BCUT2D eigenvalue weighted by Crippen LogP contribution is 2.41. The number of ether oxygens (including phenoxy) is 1. The highest BCUT2D eigenvalue weighted by molar-refractivity contribution is 7.46. The molecular formula is C17H19ClN5O9P. The van der Waals surface area contributed by atoms with E-state index in [-0.39, 0.29) is 45.6 Å². The molecule has 0 unspecified atom stereocenters. The fraction of sp³-hybridized carbons (Fsp3) is 0.353. The minimum atomic E-state index is -4.84. The molecule has 4 rings (SSSR count). The average molecular weight is 504 g/mol. The first-order valence-corrected chi connectivity index (χ1v) is 11.3. The van der Waals surface area contributed by atoms with Crippen molar-refractivity contribution in [2.75, 3.05) is 11.9 Å². The van der Waals surface area contributed by atoms with Gasteiger partial charge in [0.05, 0.1) is 18.0 Å². The van der Waals surface area contributed by atoms with Gasteiger partial charge in [0.25, 0.3) is 0 Å². The maximum Gasteiger partial charge on any atom is 0.524 e. The summed E-state index contributed by atoms with van der Waals surface area (Å²) in [6.45, 7) is -0.573. The van der Waals surface area contributed by atoms with E-state index < -0.39 is 39.0 Å². The number of phenols is 1. The summed E-state index contributed by atoms with van der Waals surface area (Å²) in [5.41, 5.74) is 0.673. The maximum absolute atomic E-state index is 11.1. The van der Waals surface area contributed by atoms with Crippen molar-refractivity contribution in [3.8, 4) is 11.5 Å². The quantitative estimate of drug-likeness (QED) is 0.210. The number of anilines is 1. The Kier molecular flexibility index (Phi) is 6.44. The smallest absolute Gasteiger partial charge is 0.506 e. The number of fused-ring (bicyclic) bond motifs is 1. The van der Waals surface area contributed by atoms with Crippen LogP contribution in [-0.4, -0.2) is 74.7 Å². The van der Waals surface area contributed by atoms with E-state index in [2.05, 4.69) is 24.8 Å². The molecule has 1 aliphatic rings. The zero-order chi connectivity index (χ0) is 23.9. The van der Waals surface area contributed by atoms with Crippen LogP contribution in [0.25, 0.3) is 11.2 Å². The molecule has 33 heavy (non-hydrogen) atoms. The third-order valence-corrected chi connectivity index (χ3v) is 5.67. The molecule has 3 aromatic rings. The number of benzene rings is 1. The SMILES string of the molecule is O=P(O)(O)Oc1cc(Cl)c(O)c(CNc2ncnc3c2ncn3[C@@H]2O[C@H](CO)[C@@H](O)[C@H]2O)c1. The Balaban J connectivity index is 1.60. The van der Waals surface area contributed by atoms with Gasteiger partial charge in [-0.1, -0.05) is 11.6 Å². The van der Waals surface area contributed by atoms with Gasteiger partial charge in [0.1, 0.15) is 36.1 Å². The van der Waals surface area contributed by atoms with E-state index >= 15 is 0 Å². The summed E-state index contributed by atoms with van der Waals surface area (Å²) in [5, 5.41) is 42.5. The molecule has 0 saturated carbocycles. The molecule has 0 radical (unpaired) electrons. The lowest BCUT2D eigenvalue weighted by atomic mass is 10.1. The topological polar surface area (TPSA) is 213 Å². The Morgan fingerprint density at radius 3 is 2.64 bits per heavy atom. The van der Waals surface area contributed by atoms with Crippen molar-refractivity contribution in [3.63, 3.8) is 0 Å². The van der Waals surface area contributed by atoms with Crippen molar-refractivity contribution in [2.24, 2.45) is 0 Å². The highest BCUT2D eigenvalue weighted by atomic mass is 35.5. The maximum atomic E-state index is 11.1. The van der Waals surface area contributed by atoms with Crippen LogP contribution in [0.15, 0.2) is 24.8 Å². The van der Waals surface area contributed by atoms with Crippen LogP contribution in [0, 0.1) is 0 Å². The Morgan fingerprint density at radius 2 is 1.97 bits per heavy atom. The van der Waals surface area contributed by atoms with E-state index in [9.17, 15) is 25.0 Å². The van der Waals surface area contributed by atoms with E-state index in [1.165, 1.54) is 23.3 Å². The molecule has 16 heteroatoms. The van der Waals surface area contributed by atoms with Crippen molar-refractivity contribution in [1.29, 1.82) is 0 Å². The van der Waals surface area contributed by atoms with Gasteiger partial charge in [0.2, 0.25) is 0 Å². The molecule has 4 atom stereocenters. The van der Waals surface area contributed by atoms with Gasteiger partial charge in [-0.05, 0) is 6.07 Å². The normalized spacial score (nSPS) is 23.2. The largest absolute Gasteiger partial charge is 0.524 e. The number of imidazole rings is 1. The molecule has 3 heterocycles. The predicted octanol–water partition coefficient (Wildman–Crippen LogP) is -0.120. The second-order valence-electron chi connectivity index (χ2n) is 7.12. The van der Waals surface area contributed by atoms with Gasteiger partial charge >= 0.3 is 7.82 Å². The summed E-state index contributed by atoms with van der Waals surface area (Å²) < 4.78 is 22.5. The molecule has 178 valence electrons. The average Bonchev–Trinajstić information content (AvgIpc) is 3.30. The number of aromatic hydroxyl groups is 1. The summed E-state index contributed by atoms with van der Waals surface area (Å²) >= 11 is 5.92. The van der Waals surface area contributed by atoms with Crippen LogP contribution in [0.5, 0.6) is 11.5 Å². The summed E-state index contributed by atoms with van der Waals surface area (Å²) in [4.78, 5) is 30.4. The fourth-order valence-electron chi connectivity index (χ4n) is 3.41. The first kappa shape index (κ1) is 23.6. The molecule has 0 aliphatic carbocycles. The first-order valence-electron chi connectivity index (χ1n) is 9.39. The second-order valence-corrected chi connectivity index (χ2v) is 8.69. The van der Waals surface area contributed by atoms with Crippen molar-refractivity contribution in [2.45, 2.75) is 31.1 Å². The lowest BCUT2D eigenvalue weighted by Gasteiger charge is -2.16. The number of hydrogen-bond donors (Lipinski definition) is 7. The Hall–Kier alpha value is -2.55. The second kappa shape index (κ2) is 9.00. The summed E-state index contributed by atoms with van der Waals surface area (Å²) in [6.07, 6.45) is -2.11. The van der Waals surface area contributed by atoms with Crippen LogP contribution >= 0.6 is 19.4 Å². The van der Waals surface area contributed by atoms with Crippen molar-refractivity contribution >= 4 is 36.4 Å². The molecule has 0 bridgehead atoms.